The van der Waals surface area contributed by atoms with Gasteiger partial charge in [0.15, 0.2) is 0 Å². The number of nitrogens with two attached hydrogens (primary N) is 1. The predicted molar refractivity (Wildman–Crippen MR) is 77.4 cm³/mol. The molecule has 1 aromatic carbocycles. The lowest BCUT2D eigenvalue weighted by Gasteiger charge is -2.37. The highest BCUT2D eigenvalue weighted by molar-refractivity contribution is 9.10. The van der Waals surface area contributed by atoms with Crippen molar-refractivity contribution < 1.29 is 4.74 Å². The van der Waals surface area contributed by atoms with Gasteiger partial charge in [-0.1, -0.05) is 0 Å². The smallest absolute Gasteiger partial charge is 0.122 e. The van der Waals surface area contributed by atoms with Gasteiger partial charge in [0.2, 0.25) is 0 Å². The van der Waals surface area contributed by atoms with Gasteiger partial charge in [0.05, 0.1) is 17.9 Å². The van der Waals surface area contributed by atoms with E-state index in [1.165, 1.54) is 0 Å². The Balaban J connectivity index is 2.25. The molecule has 3 N–H and O–H groups in total. The Labute approximate surface area is 116 Å². The Kier molecular flexibility index (Phi) is 3.92. The minimum Gasteiger partial charge on any atom is -0.384 e. The molecule has 0 amide bonds. The molecule has 2 atom stereocenters. The Morgan fingerprint density at radius 1 is 1.39 bits per heavy atom. The van der Waals surface area contributed by atoms with E-state index in [0.717, 1.165) is 28.8 Å². The van der Waals surface area contributed by atoms with E-state index in [-0.39, 0.29) is 18.0 Å². The van der Waals surface area contributed by atoms with Crippen LogP contribution < -0.4 is 10.6 Å². The molecule has 0 radical (unpaired) electrons. The number of amidine groups is 1. The molecule has 1 saturated heterocycles. The molecule has 0 spiro atoms. The van der Waals surface area contributed by atoms with Crippen LogP contribution in [0.2, 0.25) is 0 Å². The lowest BCUT2D eigenvalue weighted by molar-refractivity contribution is -0.00525. The van der Waals surface area contributed by atoms with Crippen LogP contribution in [0, 0.1) is 5.41 Å². The first-order valence-electron chi connectivity index (χ1n) is 6.01. The van der Waals surface area contributed by atoms with Crippen molar-refractivity contribution in [3.8, 4) is 0 Å². The molecule has 0 aliphatic carbocycles. The molecule has 1 aliphatic rings. The third-order valence-corrected chi connectivity index (χ3v) is 3.65. The first-order chi connectivity index (χ1) is 8.47. The van der Waals surface area contributed by atoms with E-state index in [1.54, 1.807) is 0 Å². The van der Waals surface area contributed by atoms with Gasteiger partial charge in [-0.25, -0.2) is 0 Å². The molecule has 1 aliphatic heterocycles. The zero-order valence-corrected chi connectivity index (χ0v) is 12.2. The Hall–Kier alpha value is -1.07. The van der Waals surface area contributed by atoms with Crippen LogP contribution >= 0.6 is 15.9 Å². The lowest BCUT2D eigenvalue weighted by Crippen LogP contribution is -2.45. The summed E-state index contributed by atoms with van der Waals surface area (Å²) >= 11 is 3.56. The number of halogens is 1. The molecule has 0 saturated carbocycles. The van der Waals surface area contributed by atoms with Gasteiger partial charge in [-0.15, -0.1) is 0 Å². The van der Waals surface area contributed by atoms with E-state index in [0.29, 0.717) is 0 Å². The second kappa shape index (κ2) is 5.28. The van der Waals surface area contributed by atoms with Gasteiger partial charge in [0.25, 0.3) is 0 Å². The average molecular weight is 312 g/mol. The normalized spacial score (nSPS) is 24.1. The van der Waals surface area contributed by atoms with Crippen molar-refractivity contribution in [2.75, 3.05) is 18.0 Å². The summed E-state index contributed by atoms with van der Waals surface area (Å²) in [6.45, 7) is 5.92. The number of anilines is 1. The minimum atomic E-state index is 0.0889. The molecule has 1 fully saturated rings. The number of nitrogen functional groups attached to an aromatic ring is 1. The van der Waals surface area contributed by atoms with E-state index in [2.05, 4.69) is 34.7 Å². The number of hydrogen-bond acceptors (Lipinski definition) is 3. The summed E-state index contributed by atoms with van der Waals surface area (Å²) in [5.41, 5.74) is 7.35. The fraction of sp³-hybridized carbons (Fsp3) is 0.462. The fourth-order valence-corrected chi connectivity index (χ4v) is 2.94. The third kappa shape index (κ3) is 2.84. The molecule has 2 unspecified atom stereocenters. The number of nitrogens with one attached hydrogen (secondary N) is 1. The summed E-state index contributed by atoms with van der Waals surface area (Å²) in [6.07, 6.45) is 0.460. The van der Waals surface area contributed by atoms with Crippen molar-refractivity contribution in [2.24, 2.45) is 5.73 Å². The Morgan fingerprint density at radius 2 is 2.00 bits per heavy atom. The van der Waals surface area contributed by atoms with Gasteiger partial charge < -0.3 is 15.4 Å². The highest BCUT2D eigenvalue weighted by Crippen LogP contribution is 2.29. The van der Waals surface area contributed by atoms with Crippen LogP contribution in [-0.4, -0.2) is 31.1 Å². The molecule has 2 rings (SSSR count). The molecule has 5 heteroatoms. The number of benzene rings is 1. The van der Waals surface area contributed by atoms with Crippen LogP contribution in [0.3, 0.4) is 0 Å². The molecule has 0 bridgehead atoms. The summed E-state index contributed by atoms with van der Waals surface area (Å²) < 4.78 is 6.70. The van der Waals surface area contributed by atoms with Crippen LogP contribution in [0.15, 0.2) is 22.7 Å². The summed E-state index contributed by atoms with van der Waals surface area (Å²) in [5.74, 6) is 0.0889. The van der Waals surface area contributed by atoms with E-state index in [9.17, 15) is 0 Å². The SMILES string of the molecule is CC1CN(c2ccc(C(=N)N)cc2Br)CC(C)O1. The van der Waals surface area contributed by atoms with Gasteiger partial charge in [0, 0.05) is 23.1 Å². The summed E-state index contributed by atoms with van der Waals surface area (Å²) in [6, 6.07) is 5.78. The summed E-state index contributed by atoms with van der Waals surface area (Å²) in [4.78, 5) is 2.30. The molecule has 98 valence electrons. The number of nitrogens with zero attached hydrogens (tertiary/aromatic N) is 1. The van der Waals surface area contributed by atoms with Crippen molar-refractivity contribution in [3.05, 3.63) is 28.2 Å². The number of hydrogen-bond donors (Lipinski definition) is 2. The highest BCUT2D eigenvalue weighted by atomic mass is 79.9. The molecule has 18 heavy (non-hydrogen) atoms. The minimum absolute atomic E-state index is 0.0889. The predicted octanol–water partition coefficient (Wildman–Crippen LogP) is 2.35. The molecule has 0 aromatic heterocycles. The van der Waals surface area contributed by atoms with Gasteiger partial charge in [-0.2, -0.15) is 0 Å². The van der Waals surface area contributed by atoms with E-state index in [1.807, 2.05) is 18.2 Å². The van der Waals surface area contributed by atoms with Gasteiger partial charge in [0.1, 0.15) is 5.84 Å². The van der Waals surface area contributed by atoms with Gasteiger partial charge in [-0.05, 0) is 48.0 Å². The zero-order chi connectivity index (χ0) is 13.3. The zero-order valence-electron chi connectivity index (χ0n) is 10.6. The van der Waals surface area contributed by atoms with Crippen LogP contribution in [0.1, 0.15) is 19.4 Å². The van der Waals surface area contributed by atoms with Crippen molar-refractivity contribution >= 4 is 27.5 Å². The molecule has 1 heterocycles. The maximum Gasteiger partial charge on any atom is 0.122 e. The summed E-state index contributed by atoms with van der Waals surface area (Å²) in [5, 5.41) is 7.43. The highest BCUT2D eigenvalue weighted by Gasteiger charge is 2.23. The van der Waals surface area contributed by atoms with Gasteiger partial charge >= 0.3 is 0 Å². The molecule has 4 nitrogen and oxygen atoms in total. The number of ether oxygens (including phenoxy) is 1. The second-order valence-electron chi connectivity index (χ2n) is 4.74. The maximum absolute atomic E-state index is 7.43. The Morgan fingerprint density at radius 3 is 2.50 bits per heavy atom. The number of morpholine rings is 1. The fourth-order valence-electron chi connectivity index (χ4n) is 2.31. The van der Waals surface area contributed by atoms with Gasteiger partial charge in [-0.3, -0.25) is 5.41 Å². The first kappa shape index (κ1) is 13.4. The average Bonchev–Trinajstić information content (AvgIpc) is 2.27. The van der Waals surface area contributed by atoms with Crippen molar-refractivity contribution in [1.82, 2.24) is 0 Å². The van der Waals surface area contributed by atoms with Crippen molar-refractivity contribution in [1.29, 1.82) is 5.41 Å². The quantitative estimate of drug-likeness (QED) is 0.651. The second-order valence-corrected chi connectivity index (χ2v) is 5.60. The van der Waals surface area contributed by atoms with Crippen LogP contribution in [-0.2, 0) is 4.74 Å². The monoisotopic (exact) mass is 311 g/mol. The Bertz CT molecular complexity index is 454. The van der Waals surface area contributed by atoms with Crippen LogP contribution in [0.5, 0.6) is 0 Å². The largest absolute Gasteiger partial charge is 0.384 e. The molecular weight excluding hydrogens is 294 g/mol. The maximum atomic E-state index is 7.43. The molecular formula is C13H18BrN3O. The van der Waals surface area contributed by atoms with Crippen molar-refractivity contribution in [3.63, 3.8) is 0 Å². The molecule has 1 aromatic rings. The van der Waals surface area contributed by atoms with E-state index >= 15 is 0 Å². The van der Waals surface area contributed by atoms with Crippen molar-refractivity contribution in [2.45, 2.75) is 26.1 Å². The van der Waals surface area contributed by atoms with E-state index < -0.39 is 0 Å². The van der Waals surface area contributed by atoms with E-state index in [4.69, 9.17) is 15.9 Å². The lowest BCUT2D eigenvalue weighted by atomic mass is 10.1. The van der Waals surface area contributed by atoms with Crippen LogP contribution in [0.25, 0.3) is 0 Å². The summed E-state index contributed by atoms with van der Waals surface area (Å²) in [7, 11) is 0. The number of rotatable bonds is 2. The first-order valence-corrected chi connectivity index (χ1v) is 6.81. The standard InChI is InChI=1S/C13H18BrN3O/c1-8-6-17(7-9(2)18-8)12-4-3-10(13(15)16)5-11(12)14/h3-5,8-9H,6-7H2,1-2H3,(H3,15,16). The van der Waals surface area contributed by atoms with Crippen LogP contribution in [0.4, 0.5) is 5.69 Å². The topological polar surface area (TPSA) is 62.3 Å². The third-order valence-electron chi connectivity index (χ3n) is 3.02.